The highest BCUT2D eigenvalue weighted by atomic mass is 35.5. The summed E-state index contributed by atoms with van der Waals surface area (Å²) in [6, 6.07) is 12.8. The molecule has 1 aliphatic rings. The average molecular weight is 421 g/mol. The minimum atomic E-state index is -3.55. The second kappa shape index (κ2) is 8.64. The standard InChI is InChI=1S/C21H25ClN2O3S/c1-15-7-5-8-16(2)20(15)23-21(25)17-10-6-12-24(13-17)28(26,27)14-18-9-3-4-11-19(18)22/h3-5,7-9,11,17H,6,10,12-14H2,1-2H3,(H,23,25)/t17-/m1/s1. The predicted octanol–water partition coefficient (Wildman–Crippen LogP) is 4.14. The Kier molecular flexibility index (Phi) is 6.43. The zero-order valence-corrected chi connectivity index (χ0v) is 17.7. The van der Waals surface area contributed by atoms with Crippen molar-refractivity contribution in [2.45, 2.75) is 32.4 Å². The fourth-order valence-corrected chi connectivity index (χ4v) is 5.47. The SMILES string of the molecule is Cc1cccc(C)c1NC(=O)[C@@H]1CCCN(S(=O)(=O)Cc2ccccc2Cl)C1. The summed E-state index contributed by atoms with van der Waals surface area (Å²) < 4.78 is 27.2. The molecule has 0 spiro atoms. The van der Waals surface area contributed by atoms with Crippen molar-refractivity contribution in [3.05, 3.63) is 64.2 Å². The molecule has 3 rings (SSSR count). The van der Waals surface area contributed by atoms with Gasteiger partial charge in [-0.2, -0.15) is 0 Å². The number of halogens is 1. The summed E-state index contributed by atoms with van der Waals surface area (Å²) in [5.74, 6) is -0.651. The maximum absolute atomic E-state index is 12.9. The summed E-state index contributed by atoms with van der Waals surface area (Å²) in [5, 5.41) is 3.43. The van der Waals surface area contributed by atoms with Gasteiger partial charge in [-0.1, -0.05) is 48.0 Å². The zero-order valence-electron chi connectivity index (χ0n) is 16.1. The number of hydrogen-bond donors (Lipinski definition) is 1. The molecule has 1 N–H and O–H groups in total. The maximum atomic E-state index is 12.9. The Labute approximate surface area is 171 Å². The molecule has 1 amide bonds. The first kappa shape index (κ1) is 20.8. The van der Waals surface area contributed by atoms with Gasteiger partial charge in [0.1, 0.15) is 0 Å². The van der Waals surface area contributed by atoms with Crippen LogP contribution in [0.3, 0.4) is 0 Å². The van der Waals surface area contributed by atoms with Gasteiger partial charge in [0, 0.05) is 23.8 Å². The normalized spacial score (nSPS) is 18.0. The van der Waals surface area contributed by atoms with Gasteiger partial charge in [-0.05, 0) is 49.4 Å². The van der Waals surface area contributed by atoms with E-state index in [1.54, 1.807) is 24.3 Å². The number of carbonyl (C=O) groups is 1. The first-order valence-corrected chi connectivity index (χ1v) is 11.3. The highest BCUT2D eigenvalue weighted by Gasteiger charge is 2.33. The third kappa shape index (κ3) is 4.74. The van der Waals surface area contributed by atoms with Crippen molar-refractivity contribution in [3.63, 3.8) is 0 Å². The largest absolute Gasteiger partial charge is 0.325 e. The molecular weight excluding hydrogens is 396 g/mol. The summed E-state index contributed by atoms with van der Waals surface area (Å²) >= 11 is 6.12. The topological polar surface area (TPSA) is 66.5 Å². The highest BCUT2D eigenvalue weighted by molar-refractivity contribution is 7.88. The lowest BCUT2D eigenvalue weighted by atomic mass is 9.98. The zero-order chi connectivity index (χ0) is 20.3. The van der Waals surface area contributed by atoms with Gasteiger partial charge in [0.15, 0.2) is 0 Å². The van der Waals surface area contributed by atoms with E-state index in [1.807, 2.05) is 32.0 Å². The fraction of sp³-hybridized carbons (Fsp3) is 0.381. The highest BCUT2D eigenvalue weighted by Crippen LogP contribution is 2.26. The summed E-state index contributed by atoms with van der Waals surface area (Å²) in [4.78, 5) is 12.8. The van der Waals surface area contributed by atoms with Gasteiger partial charge in [0.25, 0.3) is 0 Å². The fourth-order valence-electron chi connectivity index (χ4n) is 3.55. The molecule has 5 nitrogen and oxygen atoms in total. The van der Waals surface area contributed by atoms with Crippen LogP contribution in [0.2, 0.25) is 5.02 Å². The molecule has 28 heavy (non-hydrogen) atoms. The number of nitrogens with zero attached hydrogens (tertiary/aromatic N) is 1. The number of piperidine rings is 1. The molecule has 7 heteroatoms. The number of amides is 1. The van der Waals surface area contributed by atoms with Crippen molar-refractivity contribution in [2.24, 2.45) is 5.92 Å². The molecule has 2 aromatic carbocycles. The minimum absolute atomic E-state index is 0.130. The first-order chi connectivity index (χ1) is 13.3. The molecule has 0 saturated carbocycles. The predicted molar refractivity (Wildman–Crippen MR) is 113 cm³/mol. The van der Waals surface area contributed by atoms with E-state index in [-0.39, 0.29) is 24.1 Å². The van der Waals surface area contributed by atoms with E-state index in [1.165, 1.54) is 4.31 Å². The van der Waals surface area contributed by atoms with Gasteiger partial charge in [0.05, 0.1) is 11.7 Å². The van der Waals surface area contributed by atoms with E-state index in [9.17, 15) is 13.2 Å². The van der Waals surface area contributed by atoms with Gasteiger partial charge in [-0.15, -0.1) is 0 Å². The van der Waals surface area contributed by atoms with Crippen LogP contribution in [0.5, 0.6) is 0 Å². The van der Waals surface area contributed by atoms with Crippen molar-refractivity contribution in [3.8, 4) is 0 Å². The van der Waals surface area contributed by atoms with Gasteiger partial charge in [-0.25, -0.2) is 12.7 Å². The van der Waals surface area contributed by atoms with E-state index in [0.717, 1.165) is 16.8 Å². The number of nitrogens with one attached hydrogen (secondary N) is 1. The first-order valence-electron chi connectivity index (χ1n) is 9.36. The smallest absolute Gasteiger partial charge is 0.228 e. The Morgan fingerprint density at radius 2 is 1.82 bits per heavy atom. The quantitative estimate of drug-likeness (QED) is 0.790. The molecule has 1 atom stereocenters. The summed E-state index contributed by atoms with van der Waals surface area (Å²) in [6.45, 7) is 4.53. The van der Waals surface area contributed by atoms with Gasteiger partial charge >= 0.3 is 0 Å². The molecule has 2 aromatic rings. The molecule has 1 fully saturated rings. The van der Waals surface area contributed by atoms with E-state index >= 15 is 0 Å². The molecule has 1 saturated heterocycles. The third-order valence-electron chi connectivity index (χ3n) is 5.17. The number of rotatable bonds is 5. The number of hydrogen-bond acceptors (Lipinski definition) is 3. The van der Waals surface area contributed by atoms with Crippen LogP contribution in [-0.4, -0.2) is 31.7 Å². The molecule has 1 aliphatic heterocycles. The van der Waals surface area contributed by atoms with Crippen molar-refractivity contribution in [1.29, 1.82) is 0 Å². The van der Waals surface area contributed by atoms with Crippen molar-refractivity contribution in [1.82, 2.24) is 4.31 Å². The number of benzene rings is 2. The summed E-state index contributed by atoms with van der Waals surface area (Å²) in [7, 11) is -3.55. The molecule has 0 bridgehead atoms. The number of aryl methyl sites for hydroxylation is 2. The average Bonchev–Trinajstić information content (AvgIpc) is 2.66. The summed E-state index contributed by atoms with van der Waals surface area (Å²) in [5.41, 5.74) is 3.37. The van der Waals surface area contributed by atoms with Crippen molar-refractivity contribution in [2.75, 3.05) is 18.4 Å². The van der Waals surface area contributed by atoms with Crippen LogP contribution >= 0.6 is 11.6 Å². The molecule has 0 aromatic heterocycles. The van der Waals surface area contributed by atoms with Crippen LogP contribution in [0.4, 0.5) is 5.69 Å². The Morgan fingerprint density at radius 1 is 1.14 bits per heavy atom. The van der Waals surface area contributed by atoms with E-state index < -0.39 is 10.0 Å². The monoisotopic (exact) mass is 420 g/mol. The van der Waals surface area contributed by atoms with Crippen LogP contribution in [0.25, 0.3) is 0 Å². The molecular formula is C21H25ClN2O3S. The number of sulfonamides is 1. The molecule has 0 radical (unpaired) electrons. The van der Waals surface area contributed by atoms with E-state index in [0.29, 0.717) is 30.0 Å². The third-order valence-corrected chi connectivity index (χ3v) is 7.34. The van der Waals surface area contributed by atoms with Crippen LogP contribution in [0.15, 0.2) is 42.5 Å². The lowest BCUT2D eigenvalue weighted by Gasteiger charge is -2.31. The van der Waals surface area contributed by atoms with Crippen molar-refractivity contribution < 1.29 is 13.2 Å². The second-order valence-corrected chi connectivity index (χ2v) is 9.68. The molecule has 0 aliphatic carbocycles. The number of para-hydroxylation sites is 1. The van der Waals surface area contributed by atoms with Crippen molar-refractivity contribution >= 4 is 33.2 Å². The lowest BCUT2D eigenvalue weighted by Crippen LogP contribution is -2.44. The number of anilines is 1. The Bertz CT molecular complexity index is 955. The van der Waals surface area contributed by atoms with Crippen LogP contribution in [-0.2, 0) is 20.6 Å². The molecule has 150 valence electrons. The van der Waals surface area contributed by atoms with E-state index in [4.69, 9.17) is 11.6 Å². The molecule has 0 unspecified atom stereocenters. The van der Waals surface area contributed by atoms with Crippen LogP contribution < -0.4 is 5.32 Å². The maximum Gasteiger partial charge on any atom is 0.228 e. The Morgan fingerprint density at radius 3 is 2.50 bits per heavy atom. The van der Waals surface area contributed by atoms with Crippen LogP contribution in [0.1, 0.15) is 29.5 Å². The van der Waals surface area contributed by atoms with Gasteiger partial charge in [-0.3, -0.25) is 4.79 Å². The Balaban J connectivity index is 1.71. The summed E-state index contributed by atoms with van der Waals surface area (Å²) in [6.07, 6.45) is 1.33. The Hall–Kier alpha value is -1.89. The van der Waals surface area contributed by atoms with E-state index in [2.05, 4.69) is 5.32 Å². The minimum Gasteiger partial charge on any atom is -0.325 e. The van der Waals surface area contributed by atoms with Crippen LogP contribution in [0, 0.1) is 19.8 Å². The molecule has 1 heterocycles. The van der Waals surface area contributed by atoms with Gasteiger partial charge in [0.2, 0.25) is 15.9 Å². The number of carbonyl (C=O) groups excluding carboxylic acids is 1. The van der Waals surface area contributed by atoms with Gasteiger partial charge < -0.3 is 5.32 Å². The lowest BCUT2D eigenvalue weighted by molar-refractivity contribution is -0.120. The second-order valence-electron chi connectivity index (χ2n) is 7.30.